The number of halogens is 3. The maximum Gasteiger partial charge on any atom is 0.422 e. The minimum absolute atomic E-state index is 0.0336. The molecule has 0 spiro atoms. The van der Waals surface area contributed by atoms with Crippen LogP contribution in [0, 0.1) is 20.8 Å². The summed E-state index contributed by atoms with van der Waals surface area (Å²) in [5.41, 5.74) is 1.99. The molecule has 0 aliphatic heterocycles. The Morgan fingerprint density at radius 3 is 2.21 bits per heavy atom. The molecule has 24 heavy (non-hydrogen) atoms. The van der Waals surface area contributed by atoms with Crippen molar-refractivity contribution < 1.29 is 18.0 Å². The number of carbonyl (C=O) groups excluding carboxylic acids is 1. The lowest BCUT2D eigenvalue weighted by Crippen LogP contribution is -2.12. The van der Waals surface area contributed by atoms with Crippen molar-refractivity contribution in [2.45, 2.75) is 32.1 Å². The molecule has 1 aromatic heterocycles. The topological polar surface area (TPSA) is 42.9 Å². The fourth-order valence-electron chi connectivity index (χ4n) is 2.05. The van der Waals surface area contributed by atoms with Gasteiger partial charge in [0.2, 0.25) is 0 Å². The Balaban J connectivity index is 2.38. The minimum Gasteiger partial charge on any atom is -0.289 e. The Morgan fingerprint density at radius 2 is 1.67 bits per heavy atom. The molecule has 0 bridgehead atoms. The van der Waals surface area contributed by atoms with Gasteiger partial charge in [0.1, 0.15) is 4.91 Å². The summed E-state index contributed by atoms with van der Waals surface area (Å²) < 4.78 is 39.9. The lowest BCUT2D eigenvalue weighted by atomic mass is 10.0. The normalized spacial score (nSPS) is 12.3. The van der Waals surface area contributed by atoms with Crippen molar-refractivity contribution in [2.24, 2.45) is 0 Å². The molecule has 0 aliphatic carbocycles. The summed E-state index contributed by atoms with van der Waals surface area (Å²) in [7, 11) is 0. The van der Waals surface area contributed by atoms with Crippen molar-refractivity contribution in [3.8, 4) is 0 Å². The lowest BCUT2D eigenvalue weighted by molar-refractivity contribution is -0.0837. The summed E-state index contributed by atoms with van der Waals surface area (Å²) >= 11 is 0.346. The fraction of sp³-hybridized carbons (Fsp3) is 0.235. The van der Waals surface area contributed by atoms with Crippen LogP contribution in [0.5, 0.6) is 0 Å². The molecule has 0 fully saturated rings. The van der Waals surface area contributed by atoms with Gasteiger partial charge in [0, 0.05) is 23.0 Å². The standard InChI is InChI=1S/C17H15F3N2OS/c1-10-6-4-5-7-13(10)14(23)9-15(17(18,19)20)24-16-21-11(2)8-12(3)22-16/h4-9H,1-3H3. The van der Waals surface area contributed by atoms with E-state index >= 15 is 0 Å². The largest absolute Gasteiger partial charge is 0.422 e. The molecule has 126 valence electrons. The Bertz CT molecular complexity index is 780. The van der Waals surface area contributed by atoms with Crippen LogP contribution in [0.3, 0.4) is 0 Å². The molecular weight excluding hydrogens is 337 g/mol. The molecule has 0 saturated heterocycles. The Kier molecular flexibility index (Phi) is 5.43. The van der Waals surface area contributed by atoms with E-state index in [-0.39, 0.29) is 10.7 Å². The van der Waals surface area contributed by atoms with Crippen molar-refractivity contribution in [2.75, 3.05) is 0 Å². The summed E-state index contributed by atoms with van der Waals surface area (Å²) in [6, 6.07) is 8.17. The number of aromatic nitrogens is 2. The number of benzene rings is 1. The first-order valence-corrected chi connectivity index (χ1v) is 7.87. The van der Waals surface area contributed by atoms with E-state index in [0.717, 1.165) is 0 Å². The number of hydrogen-bond acceptors (Lipinski definition) is 4. The molecule has 1 aromatic carbocycles. The molecule has 3 nitrogen and oxygen atoms in total. The van der Waals surface area contributed by atoms with Gasteiger partial charge in [0.15, 0.2) is 10.9 Å². The highest BCUT2D eigenvalue weighted by Gasteiger charge is 2.36. The molecule has 0 unspecified atom stereocenters. The number of nitrogens with zero attached hydrogens (tertiary/aromatic N) is 2. The fourth-order valence-corrected chi connectivity index (χ4v) is 2.91. The average Bonchev–Trinajstić information content (AvgIpc) is 2.44. The van der Waals surface area contributed by atoms with E-state index in [0.29, 0.717) is 34.8 Å². The molecule has 7 heteroatoms. The van der Waals surface area contributed by atoms with Crippen LogP contribution >= 0.6 is 11.8 Å². The molecule has 0 amide bonds. The third kappa shape index (κ3) is 4.67. The second kappa shape index (κ2) is 7.17. The van der Waals surface area contributed by atoms with Gasteiger partial charge in [-0.25, -0.2) is 9.97 Å². The van der Waals surface area contributed by atoms with Gasteiger partial charge in [0.25, 0.3) is 0 Å². The Hall–Kier alpha value is -2.15. The van der Waals surface area contributed by atoms with Crippen molar-refractivity contribution in [1.29, 1.82) is 0 Å². The highest BCUT2D eigenvalue weighted by atomic mass is 32.2. The zero-order chi connectivity index (χ0) is 17.9. The molecule has 0 saturated carbocycles. The van der Waals surface area contributed by atoms with E-state index in [9.17, 15) is 18.0 Å². The SMILES string of the molecule is Cc1cc(C)nc(SC(=CC(=O)c2ccccc2C)C(F)(F)F)n1. The number of hydrogen-bond donors (Lipinski definition) is 0. The second-order valence-corrected chi connectivity index (χ2v) is 6.23. The Morgan fingerprint density at radius 1 is 1.08 bits per heavy atom. The summed E-state index contributed by atoms with van der Waals surface area (Å²) in [4.78, 5) is 19.1. The monoisotopic (exact) mass is 352 g/mol. The van der Waals surface area contributed by atoms with Crippen LogP contribution in [0.1, 0.15) is 27.3 Å². The number of rotatable bonds is 4. The molecular formula is C17H15F3N2OS. The predicted octanol–water partition coefficient (Wildman–Crippen LogP) is 4.82. The quantitative estimate of drug-likeness (QED) is 0.342. The van der Waals surface area contributed by atoms with Crippen LogP contribution in [-0.2, 0) is 0 Å². The zero-order valence-corrected chi connectivity index (χ0v) is 14.1. The highest BCUT2D eigenvalue weighted by molar-refractivity contribution is 8.03. The second-order valence-electron chi connectivity index (χ2n) is 5.22. The van der Waals surface area contributed by atoms with Crippen LogP contribution in [0.15, 0.2) is 46.5 Å². The molecule has 0 atom stereocenters. The van der Waals surface area contributed by atoms with Crippen molar-refractivity contribution in [3.05, 3.63) is 63.8 Å². The van der Waals surface area contributed by atoms with Gasteiger partial charge in [-0.2, -0.15) is 13.2 Å². The summed E-state index contributed by atoms with van der Waals surface area (Å²) in [5.74, 6) is -0.697. The van der Waals surface area contributed by atoms with Crippen LogP contribution in [0.2, 0.25) is 0 Å². The predicted molar refractivity (Wildman–Crippen MR) is 87.0 cm³/mol. The van der Waals surface area contributed by atoms with E-state index in [1.54, 1.807) is 45.0 Å². The van der Waals surface area contributed by atoms with E-state index in [4.69, 9.17) is 0 Å². The van der Waals surface area contributed by atoms with Crippen molar-refractivity contribution >= 4 is 17.5 Å². The summed E-state index contributed by atoms with van der Waals surface area (Å²) in [6.45, 7) is 5.02. The van der Waals surface area contributed by atoms with E-state index in [1.165, 1.54) is 6.07 Å². The number of allylic oxidation sites excluding steroid dienone is 2. The van der Waals surface area contributed by atoms with Crippen LogP contribution in [0.25, 0.3) is 0 Å². The number of carbonyl (C=O) groups is 1. The molecule has 2 rings (SSSR count). The van der Waals surface area contributed by atoms with Gasteiger partial charge in [-0.3, -0.25) is 4.79 Å². The minimum atomic E-state index is -4.66. The lowest BCUT2D eigenvalue weighted by Gasteiger charge is -2.11. The van der Waals surface area contributed by atoms with Crippen LogP contribution < -0.4 is 0 Å². The van der Waals surface area contributed by atoms with E-state index in [1.807, 2.05) is 0 Å². The van der Waals surface area contributed by atoms with Crippen molar-refractivity contribution in [1.82, 2.24) is 9.97 Å². The smallest absolute Gasteiger partial charge is 0.289 e. The number of alkyl halides is 3. The van der Waals surface area contributed by atoms with E-state index < -0.39 is 16.9 Å². The van der Waals surface area contributed by atoms with Gasteiger partial charge in [0.05, 0.1) is 0 Å². The van der Waals surface area contributed by atoms with Crippen molar-refractivity contribution in [3.63, 3.8) is 0 Å². The third-order valence-corrected chi connectivity index (χ3v) is 4.05. The zero-order valence-electron chi connectivity index (χ0n) is 13.3. The van der Waals surface area contributed by atoms with Gasteiger partial charge < -0.3 is 0 Å². The van der Waals surface area contributed by atoms with Crippen LogP contribution in [-0.4, -0.2) is 21.9 Å². The molecule has 2 aromatic rings. The van der Waals surface area contributed by atoms with E-state index in [2.05, 4.69) is 9.97 Å². The molecule has 1 heterocycles. The van der Waals surface area contributed by atoms with Crippen LogP contribution in [0.4, 0.5) is 13.2 Å². The first-order chi connectivity index (χ1) is 11.2. The number of ketones is 1. The average molecular weight is 352 g/mol. The van der Waals surface area contributed by atoms with Gasteiger partial charge in [-0.15, -0.1) is 0 Å². The summed E-state index contributed by atoms with van der Waals surface area (Å²) in [5, 5.41) is -0.0336. The summed E-state index contributed by atoms with van der Waals surface area (Å²) in [6.07, 6.45) is -4.06. The molecule has 0 N–H and O–H groups in total. The highest BCUT2D eigenvalue weighted by Crippen LogP contribution is 2.38. The maximum atomic E-state index is 13.3. The first kappa shape index (κ1) is 18.2. The Labute approximate surface area is 142 Å². The third-order valence-electron chi connectivity index (χ3n) is 3.12. The van der Waals surface area contributed by atoms with Gasteiger partial charge in [-0.1, -0.05) is 24.3 Å². The number of thioether (sulfide) groups is 1. The molecule has 0 aliphatic rings. The first-order valence-electron chi connectivity index (χ1n) is 7.06. The van der Waals surface area contributed by atoms with Gasteiger partial charge in [-0.05, 0) is 44.2 Å². The van der Waals surface area contributed by atoms with Gasteiger partial charge >= 0.3 is 6.18 Å². The molecule has 0 radical (unpaired) electrons. The maximum absolute atomic E-state index is 13.3. The number of aryl methyl sites for hydroxylation is 3.